The van der Waals surface area contributed by atoms with Crippen LogP contribution in [0.3, 0.4) is 0 Å². The summed E-state index contributed by atoms with van der Waals surface area (Å²) in [7, 11) is 2.08. The number of nitriles is 1. The van der Waals surface area contributed by atoms with Crippen molar-refractivity contribution in [1.29, 1.82) is 5.26 Å². The summed E-state index contributed by atoms with van der Waals surface area (Å²) in [5.74, 6) is 0.534. The Morgan fingerprint density at radius 2 is 1.59 bits per heavy atom. The van der Waals surface area contributed by atoms with Crippen LogP contribution >= 0.6 is 0 Å². The van der Waals surface area contributed by atoms with Crippen LogP contribution in [0.25, 0.3) is 44.3 Å². The zero-order chi connectivity index (χ0) is 26.6. The molecule has 2 aliphatic rings. The third-order valence-electron chi connectivity index (χ3n) is 9.74. The van der Waals surface area contributed by atoms with E-state index in [1.165, 1.54) is 68.1 Å². The van der Waals surface area contributed by atoms with E-state index < -0.39 is 0 Å². The minimum atomic E-state index is 0.525. The van der Waals surface area contributed by atoms with Gasteiger partial charge in [-0.25, -0.2) is 4.57 Å². The Bertz CT molecular complexity index is 1760. The first kappa shape index (κ1) is 24.2. The monoisotopic (exact) mass is 511 g/mol. The van der Waals surface area contributed by atoms with Crippen LogP contribution in [-0.2, 0) is 7.05 Å². The Morgan fingerprint density at radius 1 is 0.846 bits per heavy atom. The number of nitrogens with zero attached hydrogens (tertiary/aromatic N) is 2. The molecule has 0 bridgehead atoms. The van der Waals surface area contributed by atoms with Crippen LogP contribution in [0.5, 0.6) is 0 Å². The van der Waals surface area contributed by atoms with E-state index in [9.17, 15) is 5.26 Å². The molecule has 7 rings (SSSR count). The second kappa shape index (κ2) is 9.38. The van der Waals surface area contributed by atoms with Crippen LogP contribution in [0, 0.1) is 23.7 Å². The van der Waals surface area contributed by atoms with E-state index in [0.717, 1.165) is 38.8 Å². The van der Waals surface area contributed by atoms with Crippen LogP contribution in [0.2, 0.25) is 0 Å². The van der Waals surface area contributed by atoms with Gasteiger partial charge in [0.05, 0.1) is 17.2 Å². The lowest BCUT2D eigenvalue weighted by molar-refractivity contribution is -0.660. The number of fused-ring (bicyclic) bond motifs is 3. The molecule has 0 aliphatic heterocycles. The van der Waals surface area contributed by atoms with Crippen molar-refractivity contribution in [3.8, 4) is 28.5 Å². The number of furan rings is 1. The average molecular weight is 512 g/mol. The molecule has 3 heteroatoms. The molecule has 2 saturated carbocycles. The lowest BCUT2D eigenvalue weighted by Crippen LogP contribution is -2.30. The number of hydrogen-bond acceptors (Lipinski definition) is 2. The first-order chi connectivity index (χ1) is 19.1. The molecule has 3 aromatic carbocycles. The van der Waals surface area contributed by atoms with Crippen LogP contribution in [0.4, 0.5) is 0 Å². The second-order valence-corrected chi connectivity index (χ2v) is 12.0. The predicted octanol–water partition coefficient (Wildman–Crippen LogP) is 9.14. The highest BCUT2D eigenvalue weighted by Gasteiger charge is 2.41. The molecule has 0 N–H and O–H groups in total. The van der Waals surface area contributed by atoms with E-state index >= 15 is 0 Å². The highest BCUT2D eigenvalue weighted by molar-refractivity contribution is 6.14. The lowest BCUT2D eigenvalue weighted by Gasteiger charge is -2.33. The molecule has 0 amide bonds. The molecule has 5 aromatic rings. The summed E-state index contributed by atoms with van der Waals surface area (Å²) in [6, 6.07) is 26.0. The molecule has 194 valence electrons. The number of aryl methyl sites for hydroxylation is 2. The summed E-state index contributed by atoms with van der Waals surface area (Å²) in [4.78, 5) is 0. The first-order valence-electron chi connectivity index (χ1n) is 14.5. The normalized spacial score (nSPS) is 18.6. The van der Waals surface area contributed by atoms with Crippen LogP contribution in [0.1, 0.15) is 74.0 Å². The van der Waals surface area contributed by atoms with Crippen LogP contribution in [-0.4, -0.2) is 0 Å². The number of hydrogen-bond donors (Lipinski definition) is 0. The number of aromatic nitrogens is 1. The zero-order valence-electron chi connectivity index (χ0n) is 23.0. The van der Waals surface area contributed by atoms with Crippen molar-refractivity contribution >= 4 is 21.9 Å². The predicted molar refractivity (Wildman–Crippen MR) is 157 cm³/mol. The van der Waals surface area contributed by atoms with Gasteiger partial charge in [0.1, 0.15) is 18.2 Å². The standard InChI is InChI=1S/C36H35N2O/c1-24-13-15-29-30-16-14-26(23-37)33(35(30)39-34(29)32(24)31-12-6-9-21-38(31)2)28-11-5-4-10-27(28)25-17-20-36(22-25)18-7-3-8-19-36/h4-6,9-16,21,25H,3,7-8,17-20,22H2,1-2H3/q+1. The van der Waals surface area contributed by atoms with Crippen LogP contribution in [0.15, 0.2) is 77.3 Å². The van der Waals surface area contributed by atoms with Gasteiger partial charge in [-0.2, -0.15) is 5.26 Å². The van der Waals surface area contributed by atoms with E-state index in [4.69, 9.17) is 4.42 Å². The van der Waals surface area contributed by atoms with Gasteiger partial charge in [0.25, 0.3) is 0 Å². The Hall–Kier alpha value is -3.90. The van der Waals surface area contributed by atoms with Crippen molar-refractivity contribution in [3.63, 3.8) is 0 Å². The topological polar surface area (TPSA) is 40.8 Å². The number of pyridine rings is 1. The fourth-order valence-electron chi connectivity index (χ4n) is 7.77. The molecule has 1 atom stereocenters. The molecule has 1 spiro atoms. The third-order valence-corrected chi connectivity index (χ3v) is 9.74. The van der Waals surface area contributed by atoms with Crippen molar-refractivity contribution in [2.75, 3.05) is 0 Å². The van der Waals surface area contributed by atoms with Gasteiger partial charge in [0, 0.05) is 28.5 Å². The molecule has 1 unspecified atom stereocenters. The minimum Gasteiger partial charge on any atom is -0.454 e. The van der Waals surface area contributed by atoms with Crippen molar-refractivity contribution in [2.45, 2.75) is 64.2 Å². The van der Waals surface area contributed by atoms with E-state index in [0.29, 0.717) is 16.9 Å². The molecule has 2 aliphatic carbocycles. The summed E-state index contributed by atoms with van der Waals surface area (Å²) in [5.41, 5.74) is 9.83. The molecule has 2 aromatic heterocycles. The molecular formula is C36H35N2O+. The summed E-state index contributed by atoms with van der Waals surface area (Å²) >= 11 is 0. The highest BCUT2D eigenvalue weighted by Crippen LogP contribution is 2.55. The number of benzene rings is 3. The molecule has 3 nitrogen and oxygen atoms in total. The van der Waals surface area contributed by atoms with E-state index in [1.807, 2.05) is 12.1 Å². The summed E-state index contributed by atoms with van der Waals surface area (Å²) in [5, 5.41) is 12.5. The Kier molecular flexibility index (Phi) is 5.81. The maximum absolute atomic E-state index is 10.3. The minimum absolute atomic E-state index is 0.525. The zero-order valence-corrected chi connectivity index (χ0v) is 23.0. The third kappa shape index (κ3) is 3.89. The van der Waals surface area contributed by atoms with Crippen LogP contribution < -0.4 is 4.57 Å². The smallest absolute Gasteiger partial charge is 0.216 e. The molecule has 0 radical (unpaired) electrons. The molecule has 39 heavy (non-hydrogen) atoms. The largest absolute Gasteiger partial charge is 0.454 e. The van der Waals surface area contributed by atoms with Crippen molar-refractivity contribution in [1.82, 2.24) is 0 Å². The van der Waals surface area contributed by atoms with Gasteiger partial charge in [-0.05, 0) is 85.3 Å². The van der Waals surface area contributed by atoms with Crippen molar-refractivity contribution in [3.05, 3.63) is 89.6 Å². The maximum Gasteiger partial charge on any atom is 0.216 e. The van der Waals surface area contributed by atoms with E-state index in [-0.39, 0.29) is 0 Å². The summed E-state index contributed by atoms with van der Waals surface area (Å²) in [6.07, 6.45) is 12.8. The second-order valence-electron chi connectivity index (χ2n) is 12.0. The lowest BCUT2D eigenvalue weighted by atomic mass is 9.72. The molecular weight excluding hydrogens is 476 g/mol. The SMILES string of the molecule is Cc1ccc2c(oc3c(-c4ccccc4C4CCC5(CCCCC5)C4)c(C#N)ccc32)c1-c1cccc[n+]1C. The van der Waals surface area contributed by atoms with Gasteiger partial charge in [-0.15, -0.1) is 0 Å². The first-order valence-corrected chi connectivity index (χ1v) is 14.5. The molecule has 2 heterocycles. The quantitative estimate of drug-likeness (QED) is 0.227. The van der Waals surface area contributed by atoms with E-state index in [1.54, 1.807) is 0 Å². The van der Waals surface area contributed by atoms with Gasteiger partial charge in [-0.3, -0.25) is 0 Å². The highest BCUT2D eigenvalue weighted by atomic mass is 16.3. The fourth-order valence-corrected chi connectivity index (χ4v) is 7.77. The van der Waals surface area contributed by atoms with Gasteiger partial charge >= 0.3 is 0 Å². The number of rotatable bonds is 3. The average Bonchev–Trinajstić information content (AvgIpc) is 3.55. The van der Waals surface area contributed by atoms with Gasteiger partial charge in [0.15, 0.2) is 6.20 Å². The van der Waals surface area contributed by atoms with Crippen molar-refractivity contribution < 1.29 is 8.98 Å². The molecule has 0 saturated heterocycles. The maximum atomic E-state index is 10.3. The Labute approximate surface area is 230 Å². The molecule has 2 fully saturated rings. The summed E-state index contributed by atoms with van der Waals surface area (Å²) < 4.78 is 9.01. The Balaban J connectivity index is 1.45. The Morgan fingerprint density at radius 3 is 2.38 bits per heavy atom. The van der Waals surface area contributed by atoms with Crippen molar-refractivity contribution in [2.24, 2.45) is 12.5 Å². The van der Waals surface area contributed by atoms with Gasteiger partial charge in [-0.1, -0.05) is 55.7 Å². The van der Waals surface area contributed by atoms with E-state index in [2.05, 4.69) is 85.4 Å². The fraction of sp³-hybridized carbons (Fsp3) is 0.333. The van der Waals surface area contributed by atoms with Gasteiger partial charge in [0.2, 0.25) is 5.69 Å². The van der Waals surface area contributed by atoms with Gasteiger partial charge < -0.3 is 4.42 Å². The summed E-state index contributed by atoms with van der Waals surface area (Å²) in [6.45, 7) is 2.15.